The van der Waals surface area contributed by atoms with Gasteiger partial charge in [0.2, 0.25) is 0 Å². The fourth-order valence-corrected chi connectivity index (χ4v) is 13.1. The Balaban J connectivity index is 6.40. The van der Waals surface area contributed by atoms with E-state index in [9.17, 15) is 84.7 Å². The van der Waals surface area contributed by atoms with Gasteiger partial charge in [0, 0.05) is 0 Å². The standard InChI is InChI=1S/C8F20I2/c9-1(10,5(17,18)19)3(13,14)7(23,24)29(27)30(28)8(25,26)4(15,16)2(11,12)6(20,21)22. The van der Waals surface area contributed by atoms with Crippen molar-refractivity contribution in [3.63, 3.8) is 0 Å². The summed E-state index contributed by atoms with van der Waals surface area (Å²) in [6.45, 7) is 0. The van der Waals surface area contributed by atoms with Gasteiger partial charge in [-0.1, -0.05) is 0 Å². The first kappa shape index (κ1) is 30.1. The third-order valence-corrected chi connectivity index (χ3v) is 17.8. The van der Waals surface area contributed by atoms with Gasteiger partial charge in [-0.2, -0.15) is 0 Å². The molecule has 30 heavy (non-hydrogen) atoms. The molecule has 0 heterocycles. The van der Waals surface area contributed by atoms with Gasteiger partial charge in [-0.25, -0.2) is 0 Å². The summed E-state index contributed by atoms with van der Waals surface area (Å²) in [6.07, 6.45) is -15.3. The number of hydrogen-bond donors (Lipinski definition) is 0. The number of halogens is 22. The average molecular weight is 730 g/mol. The molecule has 0 aromatic carbocycles. The third-order valence-electron chi connectivity index (χ3n) is 2.68. The van der Waals surface area contributed by atoms with E-state index in [0.29, 0.717) is 0 Å². The molecule has 0 aromatic rings. The Morgan fingerprint density at radius 3 is 0.600 bits per heavy atom. The van der Waals surface area contributed by atoms with Gasteiger partial charge in [0.15, 0.2) is 0 Å². The van der Waals surface area contributed by atoms with Gasteiger partial charge < -0.3 is 0 Å². The Bertz CT molecular complexity index is 559. The first-order chi connectivity index (χ1) is 12.6. The summed E-state index contributed by atoms with van der Waals surface area (Å²) in [5.41, 5.74) is 0. The molecule has 0 aliphatic heterocycles. The zero-order valence-corrected chi connectivity index (χ0v) is 16.6. The predicted octanol–water partition coefficient (Wildman–Crippen LogP) is 8.53. The molecule has 0 aromatic heterocycles. The fraction of sp³-hybridized carbons (Fsp3) is 1.00. The van der Waals surface area contributed by atoms with Gasteiger partial charge in [0.05, 0.1) is 0 Å². The zero-order valence-electron chi connectivity index (χ0n) is 12.3. The van der Waals surface area contributed by atoms with Crippen molar-refractivity contribution >= 4 is 32.8 Å². The van der Waals surface area contributed by atoms with Crippen LogP contribution in [0.4, 0.5) is 84.7 Å². The van der Waals surface area contributed by atoms with Gasteiger partial charge in [0.1, 0.15) is 0 Å². The second kappa shape index (κ2) is 7.83. The molecule has 0 saturated carbocycles. The first-order valence-corrected chi connectivity index (χ1v) is 15.8. The van der Waals surface area contributed by atoms with E-state index < -0.39 is 76.7 Å². The van der Waals surface area contributed by atoms with Gasteiger partial charge in [-0.15, -0.1) is 0 Å². The van der Waals surface area contributed by atoms with E-state index in [1.54, 1.807) is 0 Å². The second-order valence-electron chi connectivity index (χ2n) is 4.68. The minimum absolute atomic E-state index is 7.66. The number of rotatable bonds is 7. The molecule has 0 unspecified atom stereocenters. The van der Waals surface area contributed by atoms with E-state index in [0.717, 1.165) is 0 Å². The van der Waals surface area contributed by atoms with Crippen molar-refractivity contribution in [1.29, 1.82) is 0 Å². The molecule has 0 rings (SSSR count). The van der Waals surface area contributed by atoms with Crippen molar-refractivity contribution in [2.45, 2.75) is 43.9 Å². The Hall–Kier alpha value is 0.0600. The molecule has 0 N–H and O–H groups in total. The minimum atomic E-state index is -8.38. The Labute approximate surface area is 161 Å². The van der Waals surface area contributed by atoms with Crippen molar-refractivity contribution < 1.29 is 84.7 Å². The SMILES string of the molecule is FI(I(F)C(F)(F)C(F)(F)C(F)(F)C(F)(F)F)C(F)(F)C(F)(F)C(F)(F)C(F)(F)F. The zero-order chi connectivity index (χ0) is 25.2. The molecule has 0 saturated heterocycles. The normalized spacial score (nSPS) is 17.2. The molecule has 0 fully saturated rings. The average Bonchev–Trinajstić information content (AvgIpc) is 2.50. The summed E-state index contributed by atoms with van der Waals surface area (Å²) in [4.78, 5) is 0. The van der Waals surface area contributed by atoms with Crippen molar-refractivity contribution in [2.75, 3.05) is 0 Å². The van der Waals surface area contributed by atoms with Gasteiger partial charge >= 0.3 is 161 Å². The van der Waals surface area contributed by atoms with Crippen LogP contribution in [-0.2, 0) is 0 Å². The molecule has 0 amide bonds. The molecule has 0 nitrogen and oxygen atoms in total. The molecular weight excluding hydrogens is 730 g/mol. The van der Waals surface area contributed by atoms with E-state index >= 15 is 0 Å². The van der Waals surface area contributed by atoms with Gasteiger partial charge in [0.25, 0.3) is 0 Å². The summed E-state index contributed by atoms with van der Waals surface area (Å²) < 4.78 is 236. The molecule has 0 radical (unpaired) electrons. The van der Waals surface area contributed by atoms with Crippen LogP contribution in [0, 0.1) is 0 Å². The predicted molar refractivity (Wildman–Crippen MR) is 72.0 cm³/mol. The number of alkyl halides is 20. The van der Waals surface area contributed by atoms with Crippen LogP contribution in [-0.4, -0.2) is 43.9 Å². The molecule has 0 bridgehead atoms. The molecule has 22 heteroatoms. The van der Waals surface area contributed by atoms with Crippen LogP contribution in [0.3, 0.4) is 0 Å². The summed E-state index contributed by atoms with van der Waals surface area (Å²) in [7, 11) is 0. The van der Waals surface area contributed by atoms with Crippen LogP contribution in [0.25, 0.3) is 0 Å². The van der Waals surface area contributed by atoms with Crippen LogP contribution in [0.5, 0.6) is 0 Å². The fourth-order valence-electron chi connectivity index (χ4n) is 1.05. The summed E-state index contributed by atoms with van der Waals surface area (Å²) in [5, 5.41) is 0. The first-order valence-electron chi connectivity index (χ1n) is 5.71. The van der Waals surface area contributed by atoms with E-state index in [2.05, 4.69) is 0 Å². The Morgan fingerprint density at radius 2 is 0.467 bits per heavy atom. The number of hydrogen-bond acceptors (Lipinski definition) is 0. The van der Waals surface area contributed by atoms with Crippen LogP contribution in [0.2, 0.25) is 0 Å². The van der Waals surface area contributed by atoms with Gasteiger partial charge in [-0.05, 0) is 0 Å². The van der Waals surface area contributed by atoms with Crippen LogP contribution in [0.15, 0.2) is 0 Å². The molecule has 0 spiro atoms. The second-order valence-corrected chi connectivity index (χ2v) is 19.2. The monoisotopic (exact) mass is 730 g/mol. The Morgan fingerprint density at radius 1 is 0.300 bits per heavy atom. The van der Waals surface area contributed by atoms with E-state index in [1.807, 2.05) is 0 Å². The molecule has 0 aliphatic rings. The van der Waals surface area contributed by atoms with Crippen molar-refractivity contribution in [2.24, 2.45) is 0 Å². The summed E-state index contributed by atoms with van der Waals surface area (Å²) in [6, 6.07) is 0. The van der Waals surface area contributed by atoms with Crippen LogP contribution in [0.1, 0.15) is 0 Å². The Kier molecular flexibility index (Phi) is 7.84. The quantitative estimate of drug-likeness (QED) is 0.140. The van der Waals surface area contributed by atoms with E-state index in [1.165, 1.54) is 0 Å². The summed E-state index contributed by atoms with van der Waals surface area (Å²) >= 11 is -16.8. The van der Waals surface area contributed by atoms with Crippen molar-refractivity contribution in [3.05, 3.63) is 0 Å². The van der Waals surface area contributed by atoms with Crippen LogP contribution >= 0.6 is 32.8 Å². The maximum absolute atomic E-state index is 13.3. The summed E-state index contributed by atoms with van der Waals surface area (Å²) in [5.74, 6) is -32.2. The molecular formula is C8F20I2. The van der Waals surface area contributed by atoms with Crippen LogP contribution < -0.4 is 0 Å². The van der Waals surface area contributed by atoms with Crippen molar-refractivity contribution in [3.8, 4) is 0 Å². The van der Waals surface area contributed by atoms with E-state index in [4.69, 9.17) is 0 Å². The molecule has 186 valence electrons. The molecule has 0 atom stereocenters. The van der Waals surface area contributed by atoms with E-state index in [-0.39, 0.29) is 0 Å². The third kappa shape index (κ3) is 4.19. The van der Waals surface area contributed by atoms with Gasteiger partial charge in [-0.3, -0.25) is 0 Å². The van der Waals surface area contributed by atoms with Crippen molar-refractivity contribution in [1.82, 2.24) is 0 Å². The molecule has 0 aliphatic carbocycles. The topological polar surface area (TPSA) is 0 Å². The maximum atomic E-state index is 13.3.